The van der Waals surface area contributed by atoms with Gasteiger partial charge in [0, 0.05) is 23.0 Å². The Morgan fingerprint density at radius 1 is 1.03 bits per heavy atom. The molecule has 0 aliphatic heterocycles. The van der Waals surface area contributed by atoms with E-state index in [-0.39, 0.29) is 19.3 Å². The van der Waals surface area contributed by atoms with Gasteiger partial charge in [0.2, 0.25) is 5.91 Å². The first-order valence-electron chi connectivity index (χ1n) is 12.3. The summed E-state index contributed by atoms with van der Waals surface area (Å²) in [5.41, 5.74) is 4.15. The number of hydrogen-bond donors (Lipinski definition) is 3. The molecule has 3 aromatic rings. The molecule has 1 amide bonds. The molecule has 7 nitrogen and oxygen atoms in total. The van der Waals surface area contributed by atoms with Crippen LogP contribution in [0.4, 0.5) is 4.39 Å². The Bertz CT molecular complexity index is 1370. The van der Waals surface area contributed by atoms with E-state index in [9.17, 15) is 18.5 Å². The van der Waals surface area contributed by atoms with Crippen LogP contribution in [0.15, 0.2) is 60.7 Å². The van der Waals surface area contributed by atoms with Crippen molar-refractivity contribution in [2.45, 2.75) is 44.6 Å². The van der Waals surface area contributed by atoms with Crippen LogP contribution < -0.4 is 10.1 Å². The average molecular weight is 560 g/mol. The van der Waals surface area contributed by atoms with Gasteiger partial charge in [0.1, 0.15) is 11.6 Å². The monoisotopic (exact) mass is 559 g/mol. The molecule has 38 heavy (non-hydrogen) atoms. The van der Waals surface area contributed by atoms with Gasteiger partial charge in [-0.1, -0.05) is 41.9 Å². The van der Waals surface area contributed by atoms with E-state index in [0.29, 0.717) is 21.9 Å². The molecule has 1 atom stereocenters. The molecule has 3 N–H and O–H groups in total. The molecule has 200 valence electrons. The second-order valence-electron chi connectivity index (χ2n) is 9.39. The normalized spacial score (nSPS) is 13.6. The van der Waals surface area contributed by atoms with Crippen LogP contribution >= 0.6 is 19.2 Å². The zero-order valence-electron chi connectivity index (χ0n) is 20.5. The highest BCUT2D eigenvalue weighted by molar-refractivity contribution is 7.51. The van der Waals surface area contributed by atoms with Crippen LogP contribution in [-0.2, 0) is 33.4 Å². The summed E-state index contributed by atoms with van der Waals surface area (Å²) in [6.45, 7) is 0. The van der Waals surface area contributed by atoms with Crippen molar-refractivity contribution in [1.82, 2.24) is 5.32 Å². The topological polar surface area (TPSA) is 113 Å². The lowest BCUT2D eigenvalue weighted by Crippen LogP contribution is -2.39. The first-order chi connectivity index (χ1) is 18.1. The largest absolute Gasteiger partial charge is 0.426 e. The molecule has 10 heteroatoms. The third-order valence-corrected chi connectivity index (χ3v) is 7.43. The molecule has 0 saturated carbocycles. The molecule has 0 spiro atoms. The summed E-state index contributed by atoms with van der Waals surface area (Å²) in [6.07, 6.45) is 2.14. The zero-order chi connectivity index (χ0) is 27.3. The lowest BCUT2D eigenvalue weighted by atomic mass is 9.99. The molecule has 1 aliphatic carbocycles. The summed E-state index contributed by atoms with van der Waals surface area (Å²) in [7, 11) is -4.34. The first-order valence-corrected chi connectivity index (χ1v) is 14.4. The molecule has 0 radical (unpaired) electrons. The summed E-state index contributed by atoms with van der Waals surface area (Å²) in [5.74, 6) is -1.09. The fourth-order valence-corrected chi connectivity index (χ4v) is 5.20. The number of halogens is 2. The number of carbonyl (C=O) groups excluding carboxylic acids is 2. The Labute approximate surface area is 225 Å². The minimum atomic E-state index is -4.34. The molecule has 0 bridgehead atoms. The Balaban J connectivity index is 1.45. The maximum atomic E-state index is 14.2. The van der Waals surface area contributed by atoms with Gasteiger partial charge in [-0.25, -0.2) is 4.39 Å². The van der Waals surface area contributed by atoms with Crippen molar-refractivity contribution in [2.75, 3.05) is 6.16 Å². The predicted molar refractivity (Wildman–Crippen MR) is 143 cm³/mol. The van der Waals surface area contributed by atoms with Crippen LogP contribution in [0.2, 0.25) is 5.02 Å². The first kappa shape index (κ1) is 28.0. The SMILES string of the molecule is O=C(CCP(=O)(O)O)N[C@@H](CC(=O)Oc1ccc2c(c1)CCC2)Cc1ccc(-c2cc(Cl)ccc2F)cc1. The number of benzene rings is 3. The minimum Gasteiger partial charge on any atom is -0.426 e. The van der Waals surface area contributed by atoms with Gasteiger partial charge < -0.3 is 19.8 Å². The van der Waals surface area contributed by atoms with E-state index in [1.54, 1.807) is 30.3 Å². The summed E-state index contributed by atoms with van der Waals surface area (Å²) < 4.78 is 31.0. The van der Waals surface area contributed by atoms with Crippen molar-refractivity contribution in [3.8, 4) is 16.9 Å². The second-order valence-corrected chi connectivity index (χ2v) is 11.6. The standard InChI is InChI=1S/C28H28ClFNO6P/c29-22-9-11-26(30)25(16-22)20-6-4-18(5-7-20)14-23(31-27(32)12-13-38(34,35)36)17-28(33)37-24-10-8-19-2-1-3-21(19)15-24/h4-11,15-16,23H,1-3,12-14,17H2,(H,31,32)(H2,34,35,36)/t23-/m1/s1. The highest BCUT2D eigenvalue weighted by Gasteiger charge is 2.22. The van der Waals surface area contributed by atoms with E-state index in [2.05, 4.69) is 5.32 Å². The fourth-order valence-electron chi connectivity index (χ4n) is 4.53. The molecule has 0 fully saturated rings. The molecular weight excluding hydrogens is 532 g/mol. The maximum absolute atomic E-state index is 14.2. The Morgan fingerprint density at radius 2 is 1.76 bits per heavy atom. The summed E-state index contributed by atoms with van der Waals surface area (Å²) in [6, 6.07) is 16.1. The van der Waals surface area contributed by atoms with Gasteiger partial charge in [0.25, 0.3) is 0 Å². The number of nitrogens with one attached hydrogen (secondary N) is 1. The van der Waals surface area contributed by atoms with E-state index >= 15 is 0 Å². The molecule has 0 aromatic heterocycles. The number of rotatable bonds is 10. The minimum absolute atomic E-state index is 0.149. The predicted octanol–water partition coefficient (Wildman–Crippen LogP) is 5.23. The van der Waals surface area contributed by atoms with Crippen LogP contribution in [0.1, 0.15) is 36.0 Å². The highest BCUT2D eigenvalue weighted by Crippen LogP contribution is 2.34. The summed E-state index contributed by atoms with van der Waals surface area (Å²) in [5, 5.41) is 3.11. The van der Waals surface area contributed by atoms with E-state index in [1.165, 1.54) is 23.8 Å². The van der Waals surface area contributed by atoms with Gasteiger partial charge in [-0.3, -0.25) is 14.2 Å². The second kappa shape index (κ2) is 12.2. The molecular formula is C28H28ClFNO6P. The molecule has 0 saturated heterocycles. The van der Waals surface area contributed by atoms with Crippen molar-refractivity contribution in [2.24, 2.45) is 0 Å². The smallest absolute Gasteiger partial charge is 0.326 e. The van der Waals surface area contributed by atoms with Crippen molar-refractivity contribution in [3.05, 3.63) is 88.2 Å². The lowest BCUT2D eigenvalue weighted by molar-refractivity contribution is -0.135. The van der Waals surface area contributed by atoms with Gasteiger partial charge in [-0.05, 0) is 78.3 Å². The molecule has 0 unspecified atom stereocenters. The summed E-state index contributed by atoms with van der Waals surface area (Å²) >= 11 is 6.00. The number of aryl methyl sites for hydroxylation is 2. The number of hydrogen-bond acceptors (Lipinski definition) is 4. The van der Waals surface area contributed by atoms with Crippen molar-refractivity contribution in [1.29, 1.82) is 0 Å². The van der Waals surface area contributed by atoms with Gasteiger partial charge in [-0.2, -0.15) is 0 Å². The molecule has 3 aromatic carbocycles. The van der Waals surface area contributed by atoms with E-state index in [0.717, 1.165) is 30.4 Å². The number of amides is 1. The quantitative estimate of drug-likeness (QED) is 0.178. The molecule has 1 aliphatic rings. The molecule has 0 heterocycles. The van der Waals surface area contributed by atoms with Crippen molar-refractivity contribution >= 4 is 31.1 Å². The number of carbonyl (C=O) groups is 2. The number of ether oxygens (including phenoxy) is 1. The van der Waals surface area contributed by atoms with Gasteiger partial charge in [-0.15, -0.1) is 0 Å². The van der Waals surface area contributed by atoms with Crippen LogP contribution in [0, 0.1) is 5.82 Å². The average Bonchev–Trinajstić information content (AvgIpc) is 3.32. The van der Waals surface area contributed by atoms with Gasteiger partial charge in [0.15, 0.2) is 0 Å². The van der Waals surface area contributed by atoms with Gasteiger partial charge >= 0.3 is 13.6 Å². The fraction of sp³-hybridized carbons (Fsp3) is 0.286. The number of fused-ring (bicyclic) bond motifs is 1. The number of esters is 1. The van der Waals surface area contributed by atoms with E-state index in [1.807, 2.05) is 12.1 Å². The van der Waals surface area contributed by atoms with Crippen molar-refractivity contribution in [3.63, 3.8) is 0 Å². The third kappa shape index (κ3) is 7.98. The lowest BCUT2D eigenvalue weighted by Gasteiger charge is -2.19. The van der Waals surface area contributed by atoms with E-state index in [4.69, 9.17) is 26.1 Å². The summed E-state index contributed by atoms with van der Waals surface area (Å²) in [4.78, 5) is 43.4. The van der Waals surface area contributed by atoms with Gasteiger partial charge in [0.05, 0.1) is 12.6 Å². The maximum Gasteiger partial charge on any atom is 0.326 e. The van der Waals surface area contributed by atoms with Crippen molar-refractivity contribution < 1.29 is 33.1 Å². The zero-order valence-corrected chi connectivity index (χ0v) is 22.2. The Hall–Kier alpha value is -3.03. The highest BCUT2D eigenvalue weighted by atomic mass is 35.5. The van der Waals surface area contributed by atoms with Crippen LogP contribution in [0.25, 0.3) is 11.1 Å². The van der Waals surface area contributed by atoms with Crippen LogP contribution in [0.3, 0.4) is 0 Å². The Morgan fingerprint density at radius 3 is 2.50 bits per heavy atom. The Kier molecular flexibility index (Phi) is 9.00. The molecule has 4 rings (SSSR count). The third-order valence-electron chi connectivity index (χ3n) is 6.39. The van der Waals surface area contributed by atoms with Crippen LogP contribution in [0.5, 0.6) is 5.75 Å². The van der Waals surface area contributed by atoms with Crippen LogP contribution in [-0.4, -0.2) is 33.9 Å². The van der Waals surface area contributed by atoms with E-state index < -0.39 is 37.5 Å².